The van der Waals surface area contributed by atoms with Crippen LogP contribution in [0.3, 0.4) is 0 Å². The molecule has 0 aliphatic heterocycles. The average Bonchev–Trinajstić information content (AvgIpc) is 2.85. The lowest BCUT2D eigenvalue weighted by molar-refractivity contribution is 0.943. The van der Waals surface area contributed by atoms with E-state index in [1.54, 1.807) is 6.33 Å². The molecule has 2 heterocycles. The summed E-state index contributed by atoms with van der Waals surface area (Å²) in [5.41, 5.74) is 2.02. The normalized spacial score (nSPS) is 10.0. The van der Waals surface area contributed by atoms with Crippen LogP contribution in [0, 0.1) is 6.92 Å². The molecule has 0 unspecified atom stereocenters. The van der Waals surface area contributed by atoms with Crippen LogP contribution in [0.1, 0.15) is 19.7 Å². The van der Waals surface area contributed by atoms with Gasteiger partial charge in [0.25, 0.3) is 0 Å². The van der Waals surface area contributed by atoms with Crippen molar-refractivity contribution in [1.82, 2.24) is 19.5 Å². The van der Waals surface area contributed by atoms with Crippen LogP contribution in [-0.2, 0) is 0 Å². The van der Waals surface area contributed by atoms with Gasteiger partial charge in [0.15, 0.2) is 0 Å². The van der Waals surface area contributed by atoms with Gasteiger partial charge in [-0.15, -0.1) is 0 Å². The zero-order valence-electron chi connectivity index (χ0n) is 12.3. The quantitative estimate of drug-likeness (QED) is 0.776. The molecule has 0 spiro atoms. The number of aryl methyl sites for hydroxylation is 1. The van der Waals surface area contributed by atoms with E-state index >= 15 is 0 Å². The number of hydrogen-bond acceptors (Lipinski definition) is 4. The van der Waals surface area contributed by atoms with Crippen molar-refractivity contribution in [1.29, 1.82) is 0 Å². The highest BCUT2D eigenvalue weighted by Gasteiger charge is 2.09. The summed E-state index contributed by atoms with van der Waals surface area (Å²) in [6, 6.07) is 9.93. The van der Waals surface area contributed by atoms with Crippen molar-refractivity contribution < 1.29 is 0 Å². The lowest BCUT2D eigenvalue weighted by Crippen LogP contribution is -2.02. The third-order valence-corrected chi connectivity index (χ3v) is 2.87. The summed E-state index contributed by atoms with van der Waals surface area (Å²) in [7, 11) is 1.84. The summed E-state index contributed by atoms with van der Waals surface area (Å²) < 4.78 is 2.03. The first-order valence-electron chi connectivity index (χ1n) is 6.74. The minimum Gasteiger partial charge on any atom is -0.373 e. The van der Waals surface area contributed by atoms with E-state index in [9.17, 15) is 0 Å². The minimum atomic E-state index is 0.789. The van der Waals surface area contributed by atoms with E-state index in [4.69, 9.17) is 0 Å². The van der Waals surface area contributed by atoms with Crippen LogP contribution < -0.4 is 5.32 Å². The first kappa shape index (κ1) is 14.0. The summed E-state index contributed by atoms with van der Waals surface area (Å²) in [5.74, 6) is 2.52. The monoisotopic (exact) mass is 269 g/mol. The van der Waals surface area contributed by atoms with Gasteiger partial charge in [0, 0.05) is 13.1 Å². The van der Waals surface area contributed by atoms with E-state index in [0.29, 0.717) is 0 Å². The van der Waals surface area contributed by atoms with Gasteiger partial charge in [0.1, 0.15) is 23.8 Å². The van der Waals surface area contributed by atoms with Crippen molar-refractivity contribution >= 4 is 16.9 Å². The Bertz CT molecular complexity index is 702. The molecular formula is C15H19N5. The zero-order chi connectivity index (χ0) is 14.5. The van der Waals surface area contributed by atoms with E-state index in [1.807, 2.05) is 62.7 Å². The molecule has 20 heavy (non-hydrogen) atoms. The molecule has 0 atom stereocenters. The third kappa shape index (κ3) is 2.47. The highest BCUT2D eigenvalue weighted by atomic mass is 15.1. The zero-order valence-corrected chi connectivity index (χ0v) is 12.3. The number of anilines is 1. The van der Waals surface area contributed by atoms with E-state index < -0.39 is 0 Å². The molecule has 0 saturated carbocycles. The van der Waals surface area contributed by atoms with Gasteiger partial charge in [0.2, 0.25) is 0 Å². The highest BCUT2D eigenvalue weighted by molar-refractivity contribution is 5.77. The van der Waals surface area contributed by atoms with E-state index in [2.05, 4.69) is 20.3 Å². The predicted octanol–water partition coefficient (Wildman–Crippen LogP) is 3.19. The lowest BCUT2D eigenvalue weighted by atomic mass is 10.3. The molecule has 0 saturated heterocycles. The number of imidazole rings is 1. The van der Waals surface area contributed by atoms with Gasteiger partial charge in [-0.05, 0) is 19.1 Å². The summed E-state index contributed by atoms with van der Waals surface area (Å²) in [6.45, 7) is 5.97. The standard InChI is InChI=1S/C13H13N5.C2H6/c1-9-17-10-5-3-4-6-11(10)18(9)13-7-12(14-2)15-8-16-13;1-2/h3-8H,1-2H3,(H,14,15,16);1-2H3. The number of hydrogen-bond donors (Lipinski definition) is 1. The Morgan fingerprint density at radius 2 is 1.85 bits per heavy atom. The fourth-order valence-corrected chi connectivity index (χ4v) is 2.04. The van der Waals surface area contributed by atoms with Gasteiger partial charge in [-0.25, -0.2) is 15.0 Å². The summed E-state index contributed by atoms with van der Waals surface area (Å²) >= 11 is 0. The fraction of sp³-hybridized carbons (Fsp3) is 0.267. The van der Waals surface area contributed by atoms with Gasteiger partial charge in [-0.3, -0.25) is 4.57 Å². The Morgan fingerprint density at radius 1 is 1.10 bits per heavy atom. The maximum atomic E-state index is 4.53. The van der Waals surface area contributed by atoms with Gasteiger partial charge >= 0.3 is 0 Å². The Hall–Kier alpha value is -2.43. The minimum absolute atomic E-state index is 0.789. The molecule has 104 valence electrons. The van der Waals surface area contributed by atoms with Crippen LogP contribution in [0.4, 0.5) is 5.82 Å². The molecule has 0 amide bonds. The maximum Gasteiger partial charge on any atom is 0.144 e. The Balaban J connectivity index is 0.000000704. The van der Waals surface area contributed by atoms with Gasteiger partial charge in [0.05, 0.1) is 11.0 Å². The molecule has 0 fully saturated rings. The maximum absolute atomic E-state index is 4.53. The Labute approximate surface area is 118 Å². The largest absolute Gasteiger partial charge is 0.373 e. The average molecular weight is 269 g/mol. The van der Waals surface area contributed by atoms with Crippen LogP contribution in [0.15, 0.2) is 36.7 Å². The van der Waals surface area contributed by atoms with Crippen molar-refractivity contribution in [3.05, 3.63) is 42.5 Å². The molecule has 5 nitrogen and oxygen atoms in total. The van der Waals surface area contributed by atoms with Crippen LogP contribution in [-0.4, -0.2) is 26.6 Å². The van der Waals surface area contributed by atoms with Crippen molar-refractivity contribution in [3.8, 4) is 5.82 Å². The molecule has 1 aromatic carbocycles. The Kier molecular flexibility index (Phi) is 4.30. The third-order valence-electron chi connectivity index (χ3n) is 2.87. The van der Waals surface area contributed by atoms with Crippen LogP contribution in [0.25, 0.3) is 16.9 Å². The second kappa shape index (κ2) is 6.14. The number of aromatic nitrogens is 4. The summed E-state index contributed by atoms with van der Waals surface area (Å²) in [6.07, 6.45) is 1.55. The van der Waals surface area contributed by atoms with Crippen LogP contribution in [0.5, 0.6) is 0 Å². The van der Waals surface area contributed by atoms with Crippen LogP contribution in [0.2, 0.25) is 0 Å². The number of para-hydroxylation sites is 2. The molecule has 0 bridgehead atoms. The molecule has 0 aliphatic rings. The predicted molar refractivity (Wildman–Crippen MR) is 82.3 cm³/mol. The second-order valence-corrected chi connectivity index (χ2v) is 3.99. The van der Waals surface area contributed by atoms with E-state index in [0.717, 1.165) is 28.5 Å². The smallest absolute Gasteiger partial charge is 0.144 e. The molecule has 3 aromatic rings. The number of nitrogens with one attached hydrogen (secondary N) is 1. The van der Waals surface area contributed by atoms with E-state index in [-0.39, 0.29) is 0 Å². The van der Waals surface area contributed by atoms with Crippen molar-refractivity contribution in [2.75, 3.05) is 12.4 Å². The van der Waals surface area contributed by atoms with Gasteiger partial charge < -0.3 is 5.32 Å². The molecule has 2 aromatic heterocycles. The number of nitrogens with zero attached hydrogens (tertiary/aromatic N) is 4. The molecular weight excluding hydrogens is 250 g/mol. The van der Waals surface area contributed by atoms with E-state index in [1.165, 1.54) is 0 Å². The molecule has 5 heteroatoms. The summed E-state index contributed by atoms with van der Waals surface area (Å²) in [5, 5.41) is 3.01. The van der Waals surface area contributed by atoms with Crippen molar-refractivity contribution in [2.24, 2.45) is 0 Å². The van der Waals surface area contributed by atoms with Gasteiger partial charge in [-0.1, -0.05) is 26.0 Å². The molecule has 0 radical (unpaired) electrons. The highest BCUT2D eigenvalue weighted by Crippen LogP contribution is 2.20. The number of benzene rings is 1. The number of rotatable bonds is 2. The fourth-order valence-electron chi connectivity index (χ4n) is 2.04. The van der Waals surface area contributed by atoms with Gasteiger partial charge in [-0.2, -0.15) is 0 Å². The molecule has 1 N–H and O–H groups in total. The van der Waals surface area contributed by atoms with Crippen molar-refractivity contribution in [2.45, 2.75) is 20.8 Å². The summed E-state index contributed by atoms with van der Waals surface area (Å²) in [4.78, 5) is 13.0. The number of fused-ring (bicyclic) bond motifs is 1. The molecule has 0 aliphatic carbocycles. The van der Waals surface area contributed by atoms with Crippen LogP contribution >= 0.6 is 0 Å². The Morgan fingerprint density at radius 3 is 2.60 bits per heavy atom. The first-order valence-corrected chi connectivity index (χ1v) is 6.74. The second-order valence-electron chi connectivity index (χ2n) is 3.99. The van der Waals surface area contributed by atoms with Crippen molar-refractivity contribution in [3.63, 3.8) is 0 Å². The topological polar surface area (TPSA) is 55.6 Å². The molecule has 3 rings (SSSR count). The lowest BCUT2D eigenvalue weighted by Gasteiger charge is -2.06. The first-order chi connectivity index (χ1) is 9.79. The SMILES string of the molecule is CC.CNc1cc(-n2c(C)nc3ccccc32)ncn1.